The average Bonchev–Trinajstić information content (AvgIpc) is 3.46. The minimum atomic E-state index is -4.49. The second-order valence-corrected chi connectivity index (χ2v) is 11.2. The number of nitrogens with zero attached hydrogens (tertiary/aromatic N) is 3. The van der Waals surface area contributed by atoms with Crippen LogP contribution in [0.15, 0.2) is 36.4 Å². The quantitative estimate of drug-likeness (QED) is 0.350. The summed E-state index contributed by atoms with van der Waals surface area (Å²) in [4.78, 5) is 24.1. The predicted molar refractivity (Wildman–Crippen MR) is 149 cm³/mol. The number of aryl methyl sites for hydroxylation is 1. The fourth-order valence-electron chi connectivity index (χ4n) is 5.97. The van der Waals surface area contributed by atoms with E-state index in [9.17, 15) is 18.0 Å². The third kappa shape index (κ3) is 6.01. The molecule has 5 rings (SSSR count). The van der Waals surface area contributed by atoms with E-state index in [4.69, 9.17) is 10.5 Å². The number of ether oxygens (including phenoxy) is 1. The lowest BCUT2D eigenvalue weighted by Crippen LogP contribution is -2.41. The van der Waals surface area contributed by atoms with Crippen LogP contribution in [0.25, 0.3) is 10.9 Å². The molecular weight excluding hydrogens is 519 g/mol. The van der Waals surface area contributed by atoms with Crippen molar-refractivity contribution in [1.82, 2.24) is 14.9 Å². The summed E-state index contributed by atoms with van der Waals surface area (Å²) in [6.07, 6.45) is -0.0994. The van der Waals surface area contributed by atoms with E-state index in [1.165, 1.54) is 0 Å². The highest BCUT2D eigenvalue weighted by Crippen LogP contribution is 2.39. The van der Waals surface area contributed by atoms with E-state index < -0.39 is 17.8 Å². The number of nitrogens with two attached hydrogens (primary N) is 1. The number of carbonyl (C=O) groups is 1. The van der Waals surface area contributed by atoms with Gasteiger partial charge in [-0.25, -0.2) is 9.97 Å². The molecule has 2 heterocycles. The Balaban J connectivity index is 1.33. The van der Waals surface area contributed by atoms with Crippen molar-refractivity contribution < 1.29 is 22.7 Å². The highest BCUT2D eigenvalue weighted by atomic mass is 19.4. The molecule has 2 aromatic carbocycles. The Morgan fingerprint density at radius 3 is 2.52 bits per heavy atom. The number of hydrogen-bond donors (Lipinski definition) is 2. The lowest BCUT2D eigenvalue weighted by atomic mass is 9.78. The number of anilines is 2. The highest BCUT2D eigenvalue weighted by Gasteiger charge is 2.33. The number of carbonyl (C=O) groups excluding carboxylic acids is 1. The molecule has 0 bridgehead atoms. The normalized spacial score (nSPS) is 22.3. The maximum atomic E-state index is 13.4. The standard InChI is InChI=1S/C30H36F3N5O2/c1-17(22-12-23(30(31,32)33)15-24(34)13-22)35-28-26-14-21(8-9-27(26)36-18(2)37-28)19-4-6-20(7-5-19)29(39)38(3)25-10-11-40-16-25/h8-9,12-15,17,19-20,25H,4-7,10-11,16,34H2,1-3H3,(H,35,36,37)/t17-,19?,20?,25-/m1/s1. The van der Waals surface area contributed by atoms with E-state index >= 15 is 0 Å². The Morgan fingerprint density at radius 2 is 1.85 bits per heavy atom. The van der Waals surface area contributed by atoms with Crippen LogP contribution in [0.4, 0.5) is 24.7 Å². The van der Waals surface area contributed by atoms with Gasteiger partial charge in [0.15, 0.2) is 0 Å². The lowest BCUT2D eigenvalue weighted by Gasteiger charge is -2.33. The average molecular weight is 556 g/mol. The van der Waals surface area contributed by atoms with Gasteiger partial charge >= 0.3 is 6.18 Å². The van der Waals surface area contributed by atoms with Gasteiger partial charge in [-0.1, -0.05) is 6.07 Å². The van der Waals surface area contributed by atoms with Crippen molar-refractivity contribution in [1.29, 1.82) is 0 Å². The molecule has 10 heteroatoms. The summed E-state index contributed by atoms with van der Waals surface area (Å²) in [5.74, 6) is 1.69. The van der Waals surface area contributed by atoms with Gasteiger partial charge in [0.25, 0.3) is 0 Å². The van der Waals surface area contributed by atoms with E-state index in [1.54, 1.807) is 19.9 Å². The molecule has 1 aliphatic heterocycles. The van der Waals surface area contributed by atoms with Gasteiger partial charge in [-0.15, -0.1) is 0 Å². The number of amides is 1. The molecule has 2 atom stereocenters. The summed E-state index contributed by atoms with van der Waals surface area (Å²) >= 11 is 0. The van der Waals surface area contributed by atoms with Crippen LogP contribution in [0, 0.1) is 12.8 Å². The third-order valence-electron chi connectivity index (χ3n) is 8.34. The molecule has 0 spiro atoms. The van der Waals surface area contributed by atoms with Crippen LogP contribution in [0.5, 0.6) is 0 Å². The Bertz CT molecular complexity index is 1380. The van der Waals surface area contributed by atoms with Gasteiger partial charge in [0.05, 0.1) is 29.8 Å². The molecule has 0 radical (unpaired) electrons. The second kappa shape index (κ2) is 11.2. The Morgan fingerprint density at radius 1 is 1.10 bits per heavy atom. The topological polar surface area (TPSA) is 93.4 Å². The summed E-state index contributed by atoms with van der Waals surface area (Å²) in [5, 5.41) is 4.12. The van der Waals surface area contributed by atoms with Crippen LogP contribution >= 0.6 is 0 Å². The molecule has 0 unspecified atom stereocenters. The Kier molecular flexibility index (Phi) is 7.90. The van der Waals surface area contributed by atoms with Gasteiger partial charge in [0.1, 0.15) is 11.6 Å². The molecule has 1 aliphatic carbocycles. The number of fused-ring (bicyclic) bond motifs is 1. The maximum Gasteiger partial charge on any atom is 0.416 e. The van der Waals surface area contributed by atoms with Crippen LogP contribution in [0.1, 0.15) is 73.5 Å². The van der Waals surface area contributed by atoms with E-state index in [1.807, 2.05) is 18.0 Å². The molecule has 214 valence electrons. The molecule has 3 aromatic rings. The first-order chi connectivity index (χ1) is 19.0. The zero-order valence-electron chi connectivity index (χ0n) is 23.1. The van der Waals surface area contributed by atoms with Gasteiger partial charge in [-0.05, 0) is 93.3 Å². The number of nitrogen functional groups attached to an aromatic ring is 1. The number of aromatic nitrogens is 2. The molecule has 2 fully saturated rings. The molecule has 40 heavy (non-hydrogen) atoms. The third-order valence-corrected chi connectivity index (χ3v) is 8.34. The number of hydrogen-bond acceptors (Lipinski definition) is 6. The first kappa shape index (κ1) is 28.1. The molecule has 3 N–H and O–H groups in total. The maximum absolute atomic E-state index is 13.4. The van der Waals surface area contributed by atoms with Crippen molar-refractivity contribution in [3.63, 3.8) is 0 Å². The number of rotatable bonds is 6. The minimum Gasteiger partial charge on any atom is -0.399 e. The minimum absolute atomic E-state index is 0.0336. The first-order valence-electron chi connectivity index (χ1n) is 13.9. The lowest BCUT2D eigenvalue weighted by molar-refractivity contribution is -0.138. The largest absolute Gasteiger partial charge is 0.416 e. The second-order valence-electron chi connectivity index (χ2n) is 11.2. The molecular formula is C30H36F3N5O2. The zero-order chi connectivity index (χ0) is 28.6. The highest BCUT2D eigenvalue weighted by molar-refractivity contribution is 5.90. The van der Waals surface area contributed by atoms with Crippen molar-refractivity contribution in [3.05, 3.63) is 58.9 Å². The van der Waals surface area contributed by atoms with Crippen LogP contribution in [-0.4, -0.2) is 47.1 Å². The van der Waals surface area contributed by atoms with Crippen molar-refractivity contribution in [2.45, 2.75) is 70.1 Å². The summed E-state index contributed by atoms with van der Waals surface area (Å²) in [6.45, 7) is 4.91. The van der Waals surface area contributed by atoms with E-state index in [-0.39, 0.29) is 23.6 Å². The molecule has 2 aliphatic rings. The van der Waals surface area contributed by atoms with Gasteiger partial charge in [0, 0.05) is 30.6 Å². The number of nitrogens with one attached hydrogen (secondary N) is 1. The summed E-state index contributed by atoms with van der Waals surface area (Å²) in [7, 11) is 1.89. The van der Waals surface area contributed by atoms with Crippen LogP contribution in [-0.2, 0) is 15.7 Å². The first-order valence-corrected chi connectivity index (χ1v) is 13.9. The molecule has 1 amide bonds. The van der Waals surface area contributed by atoms with Gasteiger partial charge in [0.2, 0.25) is 5.91 Å². The van der Waals surface area contributed by atoms with Crippen molar-refractivity contribution in [3.8, 4) is 0 Å². The van der Waals surface area contributed by atoms with Gasteiger partial charge < -0.3 is 20.7 Å². The molecule has 1 saturated carbocycles. The monoisotopic (exact) mass is 555 g/mol. The number of likely N-dealkylation sites (N-methyl/N-ethyl adjacent to an activating group) is 1. The molecule has 7 nitrogen and oxygen atoms in total. The number of halogens is 3. The zero-order valence-corrected chi connectivity index (χ0v) is 23.1. The van der Waals surface area contributed by atoms with E-state index in [0.717, 1.165) is 60.7 Å². The van der Waals surface area contributed by atoms with E-state index in [2.05, 4.69) is 27.4 Å². The fourth-order valence-corrected chi connectivity index (χ4v) is 5.97. The van der Waals surface area contributed by atoms with Crippen molar-refractivity contribution in [2.24, 2.45) is 5.92 Å². The van der Waals surface area contributed by atoms with Gasteiger partial charge in [-0.3, -0.25) is 4.79 Å². The molecule has 1 aromatic heterocycles. The van der Waals surface area contributed by atoms with Crippen molar-refractivity contribution >= 4 is 28.3 Å². The van der Waals surface area contributed by atoms with Gasteiger partial charge in [-0.2, -0.15) is 13.2 Å². The van der Waals surface area contributed by atoms with Crippen molar-refractivity contribution in [2.75, 3.05) is 31.3 Å². The Labute approximate surface area is 232 Å². The SMILES string of the molecule is Cc1nc(N[C@H](C)c2cc(N)cc(C(F)(F)F)c2)c2cc(C3CCC(C(=O)N(C)[C@@H]4CCOC4)CC3)ccc2n1. The number of benzene rings is 2. The fraction of sp³-hybridized carbons (Fsp3) is 0.500. The molecule has 1 saturated heterocycles. The smallest absolute Gasteiger partial charge is 0.399 e. The summed E-state index contributed by atoms with van der Waals surface area (Å²) in [6, 6.07) is 9.45. The van der Waals surface area contributed by atoms with Crippen LogP contribution in [0.2, 0.25) is 0 Å². The summed E-state index contributed by atoms with van der Waals surface area (Å²) in [5.41, 5.74) is 7.42. The van der Waals surface area contributed by atoms with Crippen LogP contribution < -0.4 is 11.1 Å². The van der Waals surface area contributed by atoms with E-state index in [0.29, 0.717) is 36.3 Å². The summed E-state index contributed by atoms with van der Waals surface area (Å²) < 4.78 is 45.6. The predicted octanol–water partition coefficient (Wildman–Crippen LogP) is 6.23. The number of alkyl halides is 3. The Hall–Kier alpha value is -3.40. The van der Waals surface area contributed by atoms with Crippen LogP contribution in [0.3, 0.4) is 0 Å².